The summed E-state index contributed by atoms with van der Waals surface area (Å²) in [5, 5.41) is 0.996. The van der Waals surface area contributed by atoms with Crippen molar-refractivity contribution in [3.8, 4) is 0 Å². The number of thioether (sulfide) groups is 1. The van der Waals surface area contributed by atoms with E-state index in [1.165, 1.54) is 28.4 Å². The molecule has 0 spiro atoms. The highest BCUT2D eigenvalue weighted by atomic mass is 32.2. The van der Waals surface area contributed by atoms with Gasteiger partial charge >= 0.3 is 4.87 Å². The fourth-order valence-electron chi connectivity index (χ4n) is 7.01. The number of nitrogens with one attached hydrogen (secondary N) is 1. The Labute approximate surface area is 203 Å². The van der Waals surface area contributed by atoms with Crippen molar-refractivity contribution in [2.45, 2.75) is 29.5 Å². The molecule has 1 N–H and O–H groups in total. The van der Waals surface area contributed by atoms with Crippen LogP contribution >= 0.6 is 23.1 Å². The van der Waals surface area contributed by atoms with Gasteiger partial charge in [0.25, 0.3) is 0 Å². The van der Waals surface area contributed by atoms with Crippen LogP contribution in [-0.2, 0) is 9.59 Å². The van der Waals surface area contributed by atoms with E-state index < -0.39 is 0 Å². The van der Waals surface area contributed by atoms with E-state index in [1.54, 1.807) is 23.9 Å². The Kier molecular flexibility index (Phi) is 4.34. The minimum absolute atomic E-state index is 0.0554. The van der Waals surface area contributed by atoms with Crippen LogP contribution in [0.1, 0.15) is 28.3 Å². The van der Waals surface area contributed by atoms with Gasteiger partial charge in [-0.1, -0.05) is 41.2 Å². The zero-order valence-electron chi connectivity index (χ0n) is 18.2. The number of carbonyl (C=O) groups is 2. The van der Waals surface area contributed by atoms with Crippen LogP contribution in [0.4, 0.5) is 10.1 Å². The van der Waals surface area contributed by atoms with Crippen LogP contribution in [0.5, 0.6) is 0 Å². The van der Waals surface area contributed by atoms with Gasteiger partial charge in [0.1, 0.15) is 5.82 Å². The predicted molar refractivity (Wildman–Crippen MR) is 129 cm³/mol. The number of thiazole rings is 1. The number of aryl methyl sites for hydroxylation is 1. The van der Waals surface area contributed by atoms with Crippen molar-refractivity contribution in [1.82, 2.24) is 4.98 Å². The average Bonchev–Trinajstić information content (AvgIpc) is 3.54. The normalized spacial score (nSPS) is 33.2. The zero-order valence-corrected chi connectivity index (χ0v) is 19.9. The first-order valence-corrected chi connectivity index (χ1v) is 13.2. The fourth-order valence-corrected chi connectivity index (χ4v) is 9.90. The number of nitrogens with zero attached hydrogens (tertiary/aromatic N) is 1. The average molecular weight is 493 g/mol. The van der Waals surface area contributed by atoms with Crippen LogP contribution in [0.3, 0.4) is 0 Å². The summed E-state index contributed by atoms with van der Waals surface area (Å²) >= 11 is 2.87. The first-order chi connectivity index (χ1) is 16.4. The van der Waals surface area contributed by atoms with Crippen molar-refractivity contribution >= 4 is 40.6 Å². The van der Waals surface area contributed by atoms with Gasteiger partial charge in [-0.3, -0.25) is 19.3 Å². The van der Waals surface area contributed by atoms with E-state index >= 15 is 0 Å². The Bertz CT molecular complexity index is 1400. The molecule has 1 aromatic heterocycles. The first kappa shape index (κ1) is 20.6. The number of imide groups is 1. The number of hydrogen-bond donors (Lipinski definition) is 1. The Hall–Kier alpha value is -2.71. The lowest BCUT2D eigenvalue weighted by molar-refractivity contribution is -0.123. The smallest absolute Gasteiger partial charge is 0.305 e. The summed E-state index contributed by atoms with van der Waals surface area (Å²) in [5.74, 6) is -0.959. The van der Waals surface area contributed by atoms with E-state index in [9.17, 15) is 18.8 Å². The quantitative estimate of drug-likeness (QED) is 0.533. The van der Waals surface area contributed by atoms with Gasteiger partial charge in [0, 0.05) is 16.0 Å². The minimum atomic E-state index is -0.333. The number of amides is 2. The molecule has 2 aromatic carbocycles. The number of aromatic amines is 1. The summed E-state index contributed by atoms with van der Waals surface area (Å²) in [6.07, 6.45) is 0.841. The highest BCUT2D eigenvalue weighted by Gasteiger charge is 2.69. The molecular weight excluding hydrogens is 471 g/mol. The van der Waals surface area contributed by atoms with Gasteiger partial charge < -0.3 is 4.98 Å². The molecule has 0 radical (unpaired) electrons. The third-order valence-corrected chi connectivity index (χ3v) is 10.8. The number of H-pyrrole nitrogens is 1. The molecule has 172 valence electrons. The summed E-state index contributed by atoms with van der Waals surface area (Å²) in [6.45, 7) is 1.98. The maximum absolute atomic E-state index is 13.7. The lowest BCUT2D eigenvalue weighted by Gasteiger charge is -2.43. The SMILES string of the molecule is Cc1ccc(N2C(=O)C3C4CC(C3C2=O)C2C4Sc3[nH]c(=O)sc3[C@@H]2c2ccc(F)cc2)cc1. The fraction of sp³-hybridized carbons (Fsp3) is 0.346. The number of carbonyl (C=O) groups excluding carboxylic acids is 2. The number of hydrogen-bond acceptors (Lipinski definition) is 5. The topological polar surface area (TPSA) is 70.2 Å². The van der Waals surface area contributed by atoms with Crippen molar-refractivity contribution in [1.29, 1.82) is 0 Å². The van der Waals surface area contributed by atoms with E-state index in [2.05, 4.69) is 4.98 Å². The molecule has 2 bridgehead atoms. The molecule has 3 fully saturated rings. The maximum atomic E-state index is 13.7. The van der Waals surface area contributed by atoms with Crippen LogP contribution in [0.15, 0.2) is 58.4 Å². The first-order valence-electron chi connectivity index (χ1n) is 11.5. The third-order valence-electron chi connectivity index (χ3n) is 8.25. The van der Waals surface area contributed by atoms with E-state index in [-0.39, 0.29) is 63.3 Å². The number of fused-ring (bicyclic) bond motifs is 9. The summed E-state index contributed by atoms with van der Waals surface area (Å²) in [7, 11) is 0. The second kappa shape index (κ2) is 7.15. The van der Waals surface area contributed by atoms with Crippen molar-refractivity contribution in [2.75, 3.05) is 4.90 Å². The molecule has 34 heavy (non-hydrogen) atoms. The number of halogens is 1. The highest BCUT2D eigenvalue weighted by molar-refractivity contribution is 8.00. The highest BCUT2D eigenvalue weighted by Crippen LogP contribution is 2.68. The molecule has 4 aliphatic rings. The van der Waals surface area contributed by atoms with Gasteiger partial charge in [-0.2, -0.15) is 0 Å². The minimum Gasteiger partial charge on any atom is -0.307 e. The van der Waals surface area contributed by atoms with E-state index in [0.29, 0.717) is 5.69 Å². The van der Waals surface area contributed by atoms with Crippen LogP contribution in [0.2, 0.25) is 0 Å². The molecule has 6 unspecified atom stereocenters. The molecular formula is C26H21FN2O3S2. The maximum Gasteiger partial charge on any atom is 0.305 e. The summed E-state index contributed by atoms with van der Waals surface area (Å²) in [4.78, 5) is 44.8. The number of benzene rings is 2. The van der Waals surface area contributed by atoms with Crippen molar-refractivity contribution < 1.29 is 14.0 Å². The Balaban J connectivity index is 1.32. The van der Waals surface area contributed by atoms with E-state index in [0.717, 1.165) is 27.5 Å². The van der Waals surface area contributed by atoms with Gasteiger partial charge in [-0.05, 0) is 60.9 Å². The Morgan fingerprint density at radius 3 is 2.32 bits per heavy atom. The second-order valence-electron chi connectivity index (χ2n) is 9.86. The molecule has 7 rings (SSSR count). The Morgan fingerprint density at radius 1 is 0.941 bits per heavy atom. The van der Waals surface area contributed by atoms with Gasteiger partial charge in [0.05, 0.1) is 22.5 Å². The molecule has 8 heteroatoms. The largest absolute Gasteiger partial charge is 0.307 e. The van der Waals surface area contributed by atoms with Crippen molar-refractivity contribution in [2.24, 2.45) is 29.6 Å². The van der Waals surface area contributed by atoms with Crippen molar-refractivity contribution in [3.63, 3.8) is 0 Å². The summed E-state index contributed by atoms with van der Waals surface area (Å²) in [6, 6.07) is 14.1. The van der Waals surface area contributed by atoms with Crippen LogP contribution < -0.4 is 9.77 Å². The third kappa shape index (κ3) is 2.69. The van der Waals surface area contributed by atoms with Gasteiger partial charge in [0.2, 0.25) is 11.8 Å². The molecule has 2 aliphatic heterocycles. The molecule has 7 atom stereocenters. The molecule has 2 aliphatic carbocycles. The zero-order chi connectivity index (χ0) is 23.3. The lowest BCUT2D eigenvalue weighted by atomic mass is 9.68. The summed E-state index contributed by atoms with van der Waals surface area (Å²) < 4.78 is 13.7. The van der Waals surface area contributed by atoms with Gasteiger partial charge in [-0.15, -0.1) is 11.8 Å². The van der Waals surface area contributed by atoms with E-state index in [1.807, 2.05) is 31.2 Å². The van der Waals surface area contributed by atoms with E-state index in [4.69, 9.17) is 0 Å². The molecule has 1 saturated heterocycles. The van der Waals surface area contributed by atoms with Gasteiger partial charge in [0.15, 0.2) is 0 Å². The number of rotatable bonds is 2. The molecule has 2 amide bonds. The monoisotopic (exact) mass is 492 g/mol. The van der Waals surface area contributed by atoms with Gasteiger partial charge in [-0.25, -0.2) is 4.39 Å². The summed E-state index contributed by atoms with van der Waals surface area (Å²) in [5.41, 5.74) is 2.68. The molecule has 2 saturated carbocycles. The predicted octanol–water partition coefficient (Wildman–Crippen LogP) is 4.56. The molecule has 3 heterocycles. The Morgan fingerprint density at radius 2 is 1.62 bits per heavy atom. The molecule has 3 aromatic rings. The second-order valence-corrected chi connectivity index (χ2v) is 12.1. The van der Waals surface area contributed by atoms with Crippen molar-refractivity contribution in [3.05, 3.63) is 80.0 Å². The number of anilines is 1. The van der Waals surface area contributed by atoms with Crippen LogP contribution in [0, 0.1) is 42.3 Å². The standard InChI is InChI=1S/C26H21FN2O3S2/c1-11-2-8-14(9-3-11)29-24(30)19-15-10-16(20(19)25(29)31)21-18(15)17(12-4-6-13(27)7-5-12)22-23(33-21)28-26(32)34-22/h2-9,15-21H,10H2,1H3,(H,28,32)/t15?,16?,17-,18?,19?,20?,21?/m1/s1. The lowest BCUT2D eigenvalue weighted by Crippen LogP contribution is -2.42. The number of aromatic nitrogens is 1. The van der Waals surface area contributed by atoms with Crippen LogP contribution in [-0.4, -0.2) is 22.0 Å². The van der Waals surface area contributed by atoms with Crippen LogP contribution in [0.25, 0.3) is 0 Å². The molecule has 5 nitrogen and oxygen atoms in total.